The van der Waals surface area contributed by atoms with Gasteiger partial charge in [0.1, 0.15) is 0 Å². The molecule has 3 amide bonds. The lowest BCUT2D eigenvalue weighted by Gasteiger charge is -2.24. The zero-order chi connectivity index (χ0) is 15.2. The standard InChI is InChI=1S/C15H22N4O2/c1-10(18-14(20)12-3-2-8-17-9-12)11-4-6-13(7-5-11)19-15(16)21/h4-7,10,12,17H,2-3,8-9H2,1H3,(H,18,20)(H3,16,19,21)/t10?,12-/m0/s1. The maximum atomic E-state index is 12.2. The van der Waals surface area contributed by atoms with Gasteiger partial charge in [-0.25, -0.2) is 4.79 Å². The number of carbonyl (C=O) groups excluding carboxylic acids is 2. The third-order valence-electron chi connectivity index (χ3n) is 3.70. The summed E-state index contributed by atoms with van der Waals surface area (Å²) in [5, 5.41) is 8.78. The van der Waals surface area contributed by atoms with Crippen molar-refractivity contribution < 1.29 is 9.59 Å². The van der Waals surface area contributed by atoms with Gasteiger partial charge in [0.25, 0.3) is 0 Å². The van der Waals surface area contributed by atoms with Gasteiger partial charge >= 0.3 is 6.03 Å². The van der Waals surface area contributed by atoms with Crippen molar-refractivity contribution in [2.45, 2.75) is 25.8 Å². The van der Waals surface area contributed by atoms with E-state index in [1.165, 1.54) is 0 Å². The predicted octanol–water partition coefficient (Wildman–Crippen LogP) is 1.35. The van der Waals surface area contributed by atoms with E-state index in [1.54, 1.807) is 12.1 Å². The van der Waals surface area contributed by atoms with E-state index in [2.05, 4.69) is 16.0 Å². The number of amides is 3. The third kappa shape index (κ3) is 4.46. The van der Waals surface area contributed by atoms with Crippen LogP contribution >= 0.6 is 0 Å². The van der Waals surface area contributed by atoms with Crippen LogP contribution in [0.25, 0.3) is 0 Å². The second kappa shape index (κ2) is 7.08. The second-order valence-electron chi connectivity index (χ2n) is 5.38. The molecule has 114 valence electrons. The molecule has 2 atom stereocenters. The molecule has 0 aromatic heterocycles. The van der Waals surface area contributed by atoms with Gasteiger partial charge in [0, 0.05) is 12.2 Å². The van der Waals surface area contributed by atoms with E-state index in [1.807, 2.05) is 19.1 Å². The zero-order valence-electron chi connectivity index (χ0n) is 12.2. The van der Waals surface area contributed by atoms with Crippen LogP contribution in [0.3, 0.4) is 0 Å². The molecule has 6 heteroatoms. The van der Waals surface area contributed by atoms with Crippen molar-refractivity contribution in [1.29, 1.82) is 0 Å². The number of hydrogen-bond donors (Lipinski definition) is 4. The summed E-state index contributed by atoms with van der Waals surface area (Å²) in [6.45, 7) is 3.69. The third-order valence-corrected chi connectivity index (χ3v) is 3.70. The van der Waals surface area contributed by atoms with Crippen LogP contribution in [0.5, 0.6) is 0 Å². The van der Waals surface area contributed by atoms with Crippen LogP contribution in [0.4, 0.5) is 10.5 Å². The van der Waals surface area contributed by atoms with Crippen LogP contribution in [-0.4, -0.2) is 25.0 Å². The Balaban J connectivity index is 1.91. The van der Waals surface area contributed by atoms with Crippen molar-refractivity contribution in [3.63, 3.8) is 0 Å². The highest BCUT2D eigenvalue weighted by molar-refractivity contribution is 5.87. The minimum absolute atomic E-state index is 0.0528. The Morgan fingerprint density at radius 2 is 2.05 bits per heavy atom. The van der Waals surface area contributed by atoms with Gasteiger partial charge in [0.05, 0.1) is 12.0 Å². The zero-order valence-corrected chi connectivity index (χ0v) is 12.2. The van der Waals surface area contributed by atoms with Gasteiger partial charge in [0.15, 0.2) is 0 Å². The van der Waals surface area contributed by atoms with Gasteiger partial charge in [-0.2, -0.15) is 0 Å². The molecule has 1 aliphatic rings. The molecule has 1 saturated heterocycles. The molecule has 2 rings (SSSR count). The summed E-state index contributed by atoms with van der Waals surface area (Å²) in [7, 11) is 0. The van der Waals surface area contributed by atoms with Crippen LogP contribution in [-0.2, 0) is 4.79 Å². The molecule has 5 N–H and O–H groups in total. The molecule has 1 unspecified atom stereocenters. The summed E-state index contributed by atoms with van der Waals surface area (Å²) < 4.78 is 0. The van der Waals surface area contributed by atoms with Gasteiger partial charge in [-0.05, 0) is 44.0 Å². The van der Waals surface area contributed by atoms with E-state index < -0.39 is 6.03 Å². The van der Waals surface area contributed by atoms with Crippen molar-refractivity contribution >= 4 is 17.6 Å². The summed E-state index contributed by atoms with van der Waals surface area (Å²) in [6, 6.07) is 6.62. The molecule has 0 aliphatic carbocycles. The lowest BCUT2D eigenvalue weighted by molar-refractivity contribution is -0.126. The van der Waals surface area contributed by atoms with Gasteiger partial charge in [-0.1, -0.05) is 12.1 Å². The number of rotatable bonds is 4. The molecule has 1 aliphatic heterocycles. The molecule has 0 radical (unpaired) electrons. The average molecular weight is 290 g/mol. The van der Waals surface area contributed by atoms with Gasteiger partial charge < -0.3 is 21.7 Å². The summed E-state index contributed by atoms with van der Waals surface area (Å²) in [4.78, 5) is 22.9. The summed E-state index contributed by atoms with van der Waals surface area (Å²) in [5.74, 6) is 0.144. The van der Waals surface area contributed by atoms with Crippen molar-refractivity contribution in [2.24, 2.45) is 11.7 Å². The number of piperidine rings is 1. The highest BCUT2D eigenvalue weighted by Crippen LogP contribution is 2.18. The predicted molar refractivity (Wildman–Crippen MR) is 81.8 cm³/mol. The Hall–Kier alpha value is -2.08. The lowest BCUT2D eigenvalue weighted by atomic mass is 9.98. The van der Waals surface area contributed by atoms with Crippen LogP contribution in [0, 0.1) is 5.92 Å². The number of hydrogen-bond acceptors (Lipinski definition) is 3. The fraction of sp³-hybridized carbons (Fsp3) is 0.467. The Morgan fingerprint density at radius 1 is 1.33 bits per heavy atom. The second-order valence-corrected chi connectivity index (χ2v) is 5.38. The molecule has 0 spiro atoms. The first-order chi connectivity index (χ1) is 10.1. The minimum atomic E-state index is -0.589. The lowest BCUT2D eigenvalue weighted by Crippen LogP contribution is -2.41. The first-order valence-electron chi connectivity index (χ1n) is 7.24. The van der Waals surface area contributed by atoms with E-state index in [0.717, 1.165) is 31.5 Å². The SMILES string of the molecule is CC(NC(=O)[C@H]1CCCNC1)c1ccc(NC(N)=O)cc1. The minimum Gasteiger partial charge on any atom is -0.351 e. The maximum Gasteiger partial charge on any atom is 0.316 e. The van der Waals surface area contributed by atoms with E-state index in [-0.39, 0.29) is 17.9 Å². The quantitative estimate of drug-likeness (QED) is 0.674. The summed E-state index contributed by atoms with van der Waals surface area (Å²) in [6.07, 6.45) is 1.98. The van der Waals surface area contributed by atoms with Gasteiger partial charge in [-0.3, -0.25) is 4.79 Å². The molecular weight excluding hydrogens is 268 g/mol. The molecule has 1 heterocycles. The largest absolute Gasteiger partial charge is 0.351 e. The van der Waals surface area contributed by atoms with Gasteiger partial charge in [-0.15, -0.1) is 0 Å². The summed E-state index contributed by atoms with van der Waals surface area (Å²) >= 11 is 0. The van der Waals surface area contributed by atoms with Crippen molar-refractivity contribution in [3.8, 4) is 0 Å². The first-order valence-corrected chi connectivity index (χ1v) is 7.24. The fourth-order valence-corrected chi connectivity index (χ4v) is 2.49. The number of benzene rings is 1. The van der Waals surface area contributed by atoms with E-state index >= 15 is 0 Å². The van der Waals surface area contributed by atoms with Crippen LogP contribution in [0.2, 0.25) is 0 Å². The van der Waals surface area contributed by atoms with Gasteiger partial charge in [0.2, 0.25) is 5.91 Å². The molecule has 6 nitrogen and oxygen atoms in total. The number of anilines is 1. The normalized spacial score (nSPS) is 19.6. The fourth-order valence-electron chi connectivity index (χ4n) is 2.49. The molecule has 1 aromatic carbocycles. The highest BCUT2D eigenvalue weighted by Gasteiger charge is 2.22. The number of carbonyl (C=O) groups is 2. The molecule has 1 aromatic rings. The average Bonchev–Trinajstić information content (AvgIpc) is 2.48. The van der Waals surface area contributed by atoms with Crippen LogP contribution < -0.4 is 21.7 Å². The van der Waals surface area contributed by atoms with E-state index in [9.17, 15) is 9.59 Å². The van der Waals surface area contributed by atoms with Crippen molar-refractivity contribution in [2.75, 3.05) is 18.4 Å². The number of primary amides is 1. The monoisotopic (exact) mass is 290 g/mol. The first kappa shape index (κ1) is 15.3. The van der Waals surface area contributed by atoms with E-state index in [4.69, 9.17) is 5.73 Å². The highest BCUT2D eigenvalue weighted by atomic mass is 16.2. The molecular formula is C15H22N4O2. The Bertz CT molecular complexity index is 495. The summed E-state index contributed by atoms with van der Waals surface area (Å²) in [5.41, 5.74) is 6.69. The Labute approximate surface area is 124 Å². The Kier molecular flexibility index (Phi) is 5.16. The number of nitrogens with one attached hydrogen (secondary N) is 3. The van der Waals surface area contributed by atoms with Crippen molar-refractivity contribution in [1.82, 2.24) is 10.6 Å². The van der Waals surface area contributed by atoms with E-state index in [0.29, 0.717) is 5.69 Å². The Morgan fingerprint density at radius 3 is 2.62 bits per heavy atom. The number of urea groups is 1. The topological polar surface area (TPSA) is 96.2 Å². The number of nitrogens with two attached hydrogens (primary N) is 1. The molecule has 1 fully saturated rings. The molecule has 21 heavy (non-hydrogen) atoms. The smallest absolute Gasteiger partial charge is 0.316 e. The van der Waals surface area contributed by atoms with Crippen LogP contribution in [0.15, 0.2) is 24.3 Å². The molecule has 0 saturated carbocycles. The molecule has 0 bridgehead atoms. The van der Waals surface area contributed by atoms with Crippen molar-refractivity contribution in [3.05, 3.63) is 29.8 Å². The van der Waals surface area contributed by atoms with Crippen LogP contribution in [0.1, 0.15) is 31.4 Å². The maximum absolute atomic E-state index is 12.2.